The van der Waals surface area contributed by atoms with Crippen molar-refractivity contribution < 1.29 is 14.2 Å². The molecule has 1 atom stereocenters. The lowest BCUT2D eigenvalue weighted by Gasteiger charge is -2.18. The van der Waals surface area contributed by atoms with E-state index in [1.165, 1.54) is 0 Å². The van der Waals surface area contributed by atoms with E-state index in [9.17, 15) is 0 Å². The molecule has 34 heavy (non-hydrogen) atoms. The fraction of sp³-hybridized carbons (Fsp3) is 0.200. The molecule has 4 aromatic carbocycles. The van der Waals surface area contributed by atoms with Crippen molar-refractivity contribution in [1.82, 2.24) is 0 Å². The van der Waals surface area contributed by atoms with E-state index in [1.54, 1.807) is 0 Å². The van der Waals surface area contributed by atoms with Crippen molar-refractivity contribution in [3.05, 3.63) is 131 Å². The molecule has 0 aliphatic carbocycles. The van der Waals surface area contributed by atoms with Crippen LogP contribution in [0.5, 0.6) is 11.5 Å². The monoisotopic (exact) mass is 453 g/mol. The number of ether oxygens (including phenoxy) is 3. The van der Waals surface area contributed by atoms with Gasteiger partial charge in [-0.3, -0.25) is 0 Å². The van der Waals surface area contributed by atoms with Crippen LogP contribution < -0.4 is 15.2 Å². The first kappa shape index (κ1) is 23.6. The number of rotatable bonds is 12. The minimum absolute atomic E-state index is 0.0849. The molecule has 174 valence electrons. The average Bonchev–Trinajstić information content (AvgIpc) is 2.91. The van der Waals surface area contributed by atoms with Gasteiger partial charge in [0, 0.05) is 13.0 Å². The van der Waals surface area contributed by atoms with Crippen LogP contribution in [0.15, 0.2) is 109 Å². The van der Waals surface area contributed by atoms with Gasteiger partial charge in [-0.1, -0.05) is 97.1 Å². The van der Waals surface area contributed by atoms with Gasteiger partial charge in [-0.2, -0.15) is 0 Å². The second-order valence-corrected chi connectivity index (χ2v) is 8.19. The Kier molecular flexibility index (Phi) is 8.72. The maximum atomic E-state index is 6.20. The minimum atomic E-state index is -0.0849. The molecule has 4 nitrogen and oxygen atoms in total. The fourth-order valence-corrected chi connectivity index (χ4v) is 3.64. The zero-order valence-electron chi connectivity index (χ0n) is 19.3. The second kappa shape index (κ2) is 12.6. The number of hydrogen-bond acceptors (Lipinski definition) is 4. The summed E-state index contributed by atoms with van der Waals surface area (Å²) in [4.78, 5) is 0. The van der Waals surface area contributed by atoms with Crippen molar-refractivity contribution in [3.63, 3.8) is 0 Å². The first-order valence-electron chi connectivity index (χ1n) is 11.6. The lowest BCUT2D eigenvalue weighted by molar-refractivity contribution is 0.0467. The van der Waals surface area contributed by atoms with Crippen LogP contribution in [0, 0.1) is 0 Å². The van der Waals surface area contributed by atoms with Crippen LogP contribution in [0.3, 0.4) is 0 Å². The molecular weight excluding hydrogens is 422 g/mol. The number of nitrogens with two attached hydrogens (primary N) is 1. The molecule has 0 radical (unpaired) electrons. The lowest BCUT2D eigenvalue weighted by Crippen LogP contribution is -2.26. The van der Waals surface area contributed by atoms with Gasteiger partial charge in [0.1, 0.15) is 13.2 Å². The van der Waals surface area contributed by atoms with Gasteiger partial charge in [-0.05, 0) is 34.4 Å². The first-order chi connectivity index (χ1) is 16.8. The molecule has 0 bridgehead atoms. The highest BCUT2D eigenvalue weighted by Gasteiger charge is 2.13. The van der Waals surface area contributed by atoms with Crippen molar-refractivity contribution in [1.29, 1.82) is 0 Å². The van der Waals surface area contributed by atoms with E-state index in [-0.39, 0.29) is 6.10 Å². The summed E-state index contributed by atoms with van der Waals surface area (Å²) in [5.41, 5.74) is 10.5. The van der Waals surface area contributed by atoms with E-state index >= 15 is 0 Å². The second-order valence-electron chi connectivity index (χ2n) is 8.19. The summed E-state index contributed by atoms with van der Waals surface area (Å²) in [5.74, 6) is 1.44. The minimum Gasteiger partial charge on any atom is -0.485 e. The topological polar surface area (TPSA) is 53.7 Å². The van der Waals surface area contributed by atoms with Crippen LogP contribution in [-0.2, 0) is 31.0 Å². The molecule has 0 spiro atoms. The van der Waals surface area contributed by atoms with Gasteiger partial charge >= 0.3 is 0 Å². The van der Waals surface area contributed by atoms with Crippen LogP contribution in [0.2, 0.25) is 0 Å². The Balaban J connectivity index is 1.45. The van der Waals surface area contributed by atoms with Gasteiger partial charge < -0.3 is 19.9 Å². The highest BCUT2D eigenvalue weighted by molar-refractivity contribution is 5.43. The molecule has 0 aliphatic heterocycles. The predicted molar refractivity (Wildman–Crippen MR) is 136 cm³/mol. The average molecular weight is 454 g/mol. The van der Waals surface area contributed by atoms with Gasteiger partial charge in [0.25, 0.3) is 0 Å². The van der Waals surface area contributed by atoms with Crippen molar-refractivity contribution in [2.75, 3.05) is 6.54 Å². The zero-order valence-corrected chi connectivity index (χ0v) is 19.3. The summed E-state index contributed by atoms with van der Waals surface area (Å²) in [6.45, 7) is 1.93. The predicted octanol–water partition coefficient (Wildman–Crippen LogP) is 5.93. The maximum absolute atomic E-state index is 6.20. The molecule has 0 aliphatic rings. The Labute approximate surface area is 201 Å². The van der Waals surface area contributed by atoms with E-state index in [4.69, 9.17) is 19.9 Å². The number of hydrogen-bond donors (Lipinski definition) is 1. The molecule has 0 saturated heterocycles. The zero-order chi connectivity index (χ0) is 23.4. The Hall–Kier alpha value is -3.60. The van der Waals surface area contributed by atoms with Gasteiger partial charge in [0.2, 0.25) is 0 Å². The van der Waals surface area contributed by atoms with Crippen LogP contribution in [0.1, 0.15) is 22.3 Å². The largest absolute Gasteiger partial charge is 0.485 e. The summed E-state index contributed by atoms with van der Waals surface area (Å²) < 4.78 is 18.4. The molecule has 2 N–H and O–H groups in total. The third-order valence-electron chi connectivity index (χ3n) is 5.54. The third-order valence-corrected chi connectivity index (χ3v) is 5.54. The first-order valence-corrected chi connectivity index (χ1v) is 11.6. The maximum Gasteiger partial charge on any atom is 0.161 e. The molecule has 4 heteroatoms. The summed E-state index contributed by atoms with van der Waals surface area (Å²) in [7, 11) is 0. The molecule has 4 aromatic rings. The van der Waals surface area contributed by atoms with E-state index in [0.717, 1.165) is 33.8 Å². The van der Waals surface area contributed by atoms with Crippen LogP contribution in [0.25, 0.3) is 0 Å². The van der Waals surface area contributed by atoms with Crippen LogP contribution >= 0.6 is 0 Å². The third kappa shape index (κ3) is 7.20. The van der Waals surface area contributed by atoms with Gasteiger partial charge in [0.05, 0.1) is 12.7 Å². The van der Waals surface area contributed by atoms with Crippen molar-refractivity contribution in [2.45, 2.75) is 32.3 Å². The highest BCUT2D eigenvalue weighted by Crippen LogP contribution is 2.31. The highest BCUT2D eigenvalue weighted by atomic mass is 16.5. The molecule has 0 heterocycles. The van der Waals surface area contributed by atoms with Gasteiger partial charge in [0.15, 0.2) is 11.5 Å². The standard InChI is InChI=1S/C30H31NO3/c31-20-28(32-21-24-10-4-1-5-11-24)18-27-16-17-29(33-22-25-12-6-2-7-13-25)30(19-27)34-23-26-14-8-3-9-15-26/h1-17,19,28H,18,20-23,31H2. The van der Waals surface area contributed by atoms with Crippen molar-refractivity contribution >= 4 is 0 Å². The summed E-state index contributed by atoms with van der Waals surface area (Å²) >= 11 is 0. The van der Waals surface area contributed by atoms with Gasteiger partial charge in [-0.25, -0.2) is 0 Å². The summed E-state index contributed by atoms with van der Waals surface area (Å²) in [6, 6.07) is 36.5. The molecule has 0 aromatic heterocycles. The Morgan fingerprint density at radius 3 is 1.56 bits per heavy atom. The van der Waals surface area contributed by atoms with Crippen molar-refractivity contribution in [3.8, 4) is 11.5 Å². The molecule has 4 rings (SSSR count). The Morgan fingerprint density at radius 1 is 0.529 bits per heavy atom. The summed E-state index contributed by atoms with van der Waals surface area (Å²) in [6.07, 6.45) is 0.613. The number of benzene rings is 4. The molecule has 0 fully saturated rings. The molecule has 0 saturated carbocycles. The molecule has 1 unspecified atom stereocenters. The summed E-state index contributed by atoms with van der Waals surface area (Å²) in [5, 5.41) is 0. The normalized spacial score (nSPS) is 11.7. The Bertz CT molecular complexity index is 1120. The van der Waals surface area contributed by atoms with Crippen LogP contribution in [0.4, 0.5) is 0 Å². The quantitative estimate of drug-likeness (QED) is 0.289. The Morgan fingerprint density at radius 2 is 1.03 bits per heavy atom. The van der Waals surface area contributed by atoms with E-state index < -0.39 is 0 Å². The lowest BCUT2D eigenvalue weighted by atomic mass is 10.1. The van der Waals surface area contributed by atoms with Crippen molar-refractivity contribution in [2.24, 2.45) is 5.73 Å². The fourth-order valence-electron chi connectivity index (χ4n) is 3.64. The van der Waals surface area contributed by atoms with E-state index in [0.29, 0.717) is 32.8 Å². The smallest absolute Gasteiger partial charge is 0.161 e. The molecular formula is C30H31NO3. The molecule has 0 amide bonds. The van der Waals surface area contributed by atoms with Gasteiger partial charge in [-0.15, -0.1) is 0 Å². The van der Waals surface area contributed by atoms with Crippen LogP contribution in [-0.4, -0.2) is 12.6 Å². The SMILES string of the molecule is NCC(Cc1ccc(OCc2ccccc2)c(OCc2ccccc2)c1)OCc1ccccc1. The van der Waals surface area contributed by atoms with E-state index in [1.807, 2.05) is 66.7 Å². The van der Waals surface area contributed by atoms with E-state index in [2.05, 4.69) is 42.5 Å².